The number of nitrogens with one attached hydrogen (secondary N) is 1. The second-order valence-electron chi connectivity index (χ2n) is 9.46. The summed E-state index contributed by atoms with van der Waals surface area (Å²) in [7, 11) is 0. The first-order valence-corrected chi connectivity index (χ1v) is 12.2. The third kappa shape index (κ3) is 5.96. The average Bonchev–Trinajstić information content (AvgIpc) is 3.20. The molecule has 0 radical (unpaired) electrons. The van der Waals surface area contributed by atoms with E-state index in [0.717, 1.165) is 57.9 Å². The van der Waals surface area contributed by atoms with Crippen LogP contribution in [0.2, 0.25) is 0 Å². The zero-order chi connectivity index (χ0) is 21.6. The molecule has 1 N–H and O–H groups in total. The summed E-state index contributed by atoms with van der Waals surface area (Å²) in [5.41, 5.74) is 0.498. The number of anilines is 1. The van der Waals surface area contributed by atoms with Crippen LogP contribution >= 0.6 is 0 Å². The van der Waals surface area contributed by atoms with Crippen molar-refractivity contribution in [3.8, 4) is 0 Å². The number of piperidine rings is 1. The number of carbonyl (C=O) groups is 1. The van der Waals surface area contributed by atoms with Crippen LogP contribution in [0.4, 0.5) is 5.82 Å². The molecule has 1 atom stereocenters. The molecule has 172 valence electrons. The Morgan fingerprint density at radius 2 is 1.94 bits per heavy atom. The summed E-state index contributed by atoms with van der Waals surface area (Å²) in [5.74, 6) is 0.812. The fraction of sp³-hybridized carbons (Fsp3) is 0.750. The van der Waals surface area contributed by atoms with Crippen molar-refractivity contribution in [2.45, 2.75) is 64.1 Å². The van der Waals surface area contributed by atoms with Crippen LogP contribution < -0.4 is 10.2 Å². The molecule has 0 unspecified atom stereocenters. The summed E-state index contributed by atoms with van der Waals surface area (Å²) in [6, 6.07) is 7.15. The molecule has 0 saturated carbocycles. The lowest BCUT2D eigenvalue weighted by Gasteiger charge is -2.39. The Morgan fingerprint density at radius 1 is 1.10 bits per heavy atom. The third-order valence-corrected chi connectivity index (χ3v) is 7.08. The van der Waals surface area contributed by atoms with Crippen molar-refractivity contribution in [2.24, 2.45) is 0 Å². The predicted molar refractivity (Wildman–Crippen MR) is 124 cm³/mol. The Kier molecular flexibility index (Phi) is 7.80. The minimum Gasteiger partial charge on any atom is -0.376 e. The Bertz CT molecular complexity index is 714. The lowest BCUT2D eigenvalue weighted by molar-refractivity contribution is 0.0854. The van der Waals surface area contributed by atoms with Gasteiger partial charge in [0.1, 0.15) is 11.5 Å². The molecule has 3 aliphatic heterocycles. The quantitative estimate of drug-likeness (QED) is 0.749. The van der Waals surface area contributed by atoms with Crippen molar-refractivity contribution in [3.05, 3.63) is 23.9 Å². The van der Waals surface area contributed by atoms with Crippen LogP contribution in [-0.4, -0.2) is 91.3 Å². The summed E-state index contributed by atoms with van der Waals surface area (Å²) in [6.45, 7) is 12.6. The van der Waals surface area contributed by atoms with E-state index in [9.17, 15) is 4.79 Å². The van der Waals surface area contributed by atoms with Gasteiger partial charge in [0.2, 0.25) is 0 Å². The molecule has 4 rings (SSSR count). The number of amides is 1. The first-order valence-electron chi connectivity index (χ1n) is 12.2. The SMILES string of the molecule is CC(C)N1CCC(N2CCCN(c3cccc(C(=O)NC[C@H]4CCCO4)n3)CC2)CC1. The number of rotatable bonds is 6. The number of aromatic nitrogens is 1. The topological polar surface area (TPSA) is 60.9 Å². The van der Waals surface area contributed by atoms with Gasteiger partial charge in [-0.1, -0.05) is 6.07 Å². The number of nitrogens with zero attached hydrogens (tertiary/aromatic N) is 4. The second-order valence-corrected chi connectivity index (χ2v) is 9.46. The summed E-state index contributed by atoms with van der Waals surface area (Å²) in [6.07, 6.45) is 5.94. The Balaban J connectivity index is 1.30. The van der Waals surface area contributed by atoms with Gasteiger partial charge in [-0.3, -0.25) is 9.69 Å². The zero-order valence-electron chi connectivity index (χ0n) is 19.3. The summed E-state index contributed by atoms with van der Waals surface area (Å²) in [5, 5.41) is 2.99. The van der Waals surface area contributed by atoms with Gasteiger partial charge in [-0.15, -0.1) is 0 Å². The summed E-state index contributed by atoms with van der Waals surface area (Å²) >= 11 is 0. The van der Waals surface area contributed by atoms with Crippen molar-refractivity contribution in [3.63, 3.8) is 0 Å². The summed E-state index contributed by atoms with van der Waals surface area (Å²) < 4.78 is 5.60. The fourth-order valence-corrected chi connectivity index (χ4v) is 5.13. The van der Waals surface area contributed by atoms with Crippen LogP contribution in [0.3, 0.4) is 0 Å². The highest BCUT2D eigenvalue weighted by Gasteiger charge is 2.27. The fourth-order valence-electron chi connectivity index (χ4n) is 5.13. The largest absolute Gasteiger partial charge is 0.376 e. The number of pyridine rings is 1. The molecule has 3 fully saturated rings. The van der Waals surface area contributed by atoms with Crippen molar-refractivity contribution in [1.82, 2.24) is 20.1 Å². The lowest BCUT2D eigenvalue weighted by atomic mass is 10.0. The molecular weight excluding hydrogens is 390 g/mol. The molecule has 0 aliphatic carbocycles. The van der Waals surface area contributed by atoms with E-state index in [1.807, 2.05) is 12.1 Å². The molecule has 0 spiro atoms. The van der Waals surface area contributed by atoms with Gasteiger partial charge in [0.05, 0.1) is 6.10 Å². The first kappa shape index (κ1) is 22.5. The normalized spacial score (nSPS) is 24.5. The van der Waals surface area contributed by atoms with E-state index >= 15 is 0 Å². The van der Waals surface area contributed by atoms with Gasteiger partial charge in [0.15, 0.2) is 0 Å². The van der Waals surface area contributed by atoms with Crippen LogP contribution in [0.5, 0.6) is 0 Å². The number of likely N-dealkylation sites (tertiary alicyclic amines) is 1. The maximum atomic E-state index is 12.6. The highest BCUT2D eigenvalue weighted by Crippen LogP contribution is 2.21. The second kappa shape index (κ2) is 10.7. The molecule has 4 heterocycles. The van der Waals surface area contributed by atoms with E-state index in [0.29, 0.717) is 24.3 Å². The maximum Gasteiger partial charge on any atom is 0.270 e. The van der Waals surface area contributed by atoms with E-state index in [-0.39, 0.29) is 12.0 Å². The summed E-state index contributed by atoms with van der Waals surface area (Å²) in [4.78, 5) is 24.9. The third-order valence-electron chi connectivity index (χ3n) is 7.08. The van der Waals surface area contributed by atoms with Crippen LogP contribution in [0.25, 0.3) is 0 Å². The molecule has 3 aliphatic rings. The van der Waals surface area contributed by atoms with Crippen molar-refractivity contribution < 1.29 is 9.53 Å². The molecule has 7 heteroatoms. The monoisotopic (exact) mass is 429 g/mol. The standard InChI is InChI=1S/C24H39N5O2/c1-19(2)27-13-9-20(10-14-27)28-11-5-12-29(16-15-28)23-8-3-7-22(26-23)24(30)25-18-21-6-4-17-31-21/h3,7-8,19-21H,4-6,9-18H2,1-2H3,(H,25,30)/t21-/m1/s1. The molecule has 1 amide bonds. The van der Waals surface area contributed by atoms with Crippen molar-refractivity contribution >= 4 is 11.7 Å². The minimum atomic E-state index is -0.106. The molecule has 1 aromatic rings. The molecular formula is C24H39N5O2. The Morgan fingerprint density at radius 3 is 2.68 bits per heavy atom. The highest BCUT2D eigenvalue weighted by atomic mass is 16.5. The Hall–Kier alpha value is -1.70. The smallest absolute Gasteiger partial charge is 0.270 e. The number of hydrogen-bond acceptors (Lipinski definition) is 6. The maximum absolute atomic E-state index is 12.6. The number of carbonyl (C=O) groups excluding carboxylic acids is 1. The van der Waals surface area contributed by atoms with Crippen LogP contribution in [-0.2, 0) is 4.74 Å². The predicted octanol–water partition coefficient (Wildman–Crippen LogP) is 2.38. The van der Waals surface area contributed by atoms with E-state index in [2.05, 4.69) is 33.9 Å². The van der Waals surface area contributed by atoms with Crippen molar-refractivity contribution in [1.29, 1.82) is 0 Å². The van der Waals surface area contributed by atoms with E-state index in [4.69, 9.17) is 9.72 Å². The van der Waals surface area contributed by atoms with Gasteiger partial charge in [0, 0.05) is 51.4 Å². The van der Waals surface area contributed by atoms with E-state index in [1.54, 1.807) is 6.07 Å². The first-order chi connectivity index (χ1) is 15.1. The molecule has 7 nitrogen and oxygen atoms in total. The molecule has 3 saturated heterocycles. The molecule has 0 bridgehead atoms. The highest BCUT2D eigenvalue weighted by molar-refractivity contribution is 5.92. The average molecular weight is 430 g/mol. The van der Waals surface area contributed by atoms with Crippen molar-refractivity contribution in [2.75, 3.05) is 57.3 Å². The molecule has 0 aromatic carbocycles. The van der Waals surface area contributed by atoms with Gasteiger partial charge < -0.3 is 19.9 Å². The molecule has 31 heavy (non-hydrogen) atoms. The van der Waals surface area contributed by atoms with Gasteiger partial charge in [-0.05, 0) is 71.2 Å². The lowest BCUT2D eigenvalue weighted by Crippen LogP contribution is -2.47. The van der Waals surface area contributed by atoms with Gasteiger partial charge in [0.25, 0.3) is 5.91 Å². The number of hydrogen-bond donors (Lipinski definition) is 1. The van der Waals surface area contributed by atoms with Gasteiger partial charge in [-0.25, -0.2) is 4.98 Å². The van der Waals surface area contributed by atoms with Gasteiger partial charge in [-0.2, -0.15) is 0 Å². The van der Waals surface area contributed by atoms with Crippen LogP contribution in [0.1, 0.15) is 56.4 Å². The van der Waals surface area contributed by atoms with Crippen LogP contribution in [0, 0.1) is 0 Å². The van der Waals surface area contributed by atoms with E-state index < -0.39 is 0 Å². The Labute approximate surface area is 187 Å². The van der Waals surface area contributed by atoms with Crippen LogP contribution in [0.15, 0.2) is 18.2 Å². The minimum absolute atomic E-state index is 0.106. The number of ether oxygens (including phenoxy) is 1. The van der Waals surface area contributed by atoms with E-state index in [1.165, 1.54) is 25.9 Å². The van der Waals surface area contributed by atoms with Gasteiger partial charge >= 0.3 is 0 Å². The molecule has 1 aromatic heterocycles. The zero-order valence-corrected chi connectivity index (χ0v) is 19.3.